The van der Waals surface area contributed by atoms with Crippen LogP contribution in [-0.4, -0.2) is 23.1 Å². The van der Waals surface area contributed by atoms with E-state index in [0.717, 1.165) is 16.7 Å². The van der Waals surface area contributed by atoms with Crippen molar-refractivity contribution in [3.63, 3.8) is 0 Å². The van der Waals surface area contributed by atoms with Crippen LogP contribution in [0.15, 0.2) is 89.3 Å². The maximum Gasteiger partial charge on any atom is 0.257 e. The molecule has 0 spiro atoms. The number of hydrogen-bond acceptors (Lipinski definition) is 5. The van der Waals surface area contributed by atoms with Crippen LogP contribution in [0.25, 0.3) is 33.7 Å². The molecule has 0 saturated carbocycles. The SMILES string of the molecule is COc1c(Cl)cc(C(=O)NC(=S)Nc2ccc3oc(-c4ccc(-c5ccccc5)cc4)nc3c2)cc1Cl. The molecule has 0 atom stereocenters. The fraction of sp³-hybridized carbons (Fsp3) is 0.0357. The molecule has 2 N–H and O–H groups in total. The fourth-order valence-electron chi connectivity index (χ4n) is 3.79. The average Bonchev–Trinajstić information content (AvgIpc) is 3.32. The summed E-state index contributed by atoms with van der Waals surface area (Å²) in [6.07, 6.45) is 0. The second-order valence-electron chi connectivity index (χ2n) is 8.03. The van der Waals surface area contributed by atoms with E-state index in [2.05, 4.69) is 27.8 Å². The number of anilines is 1. The number of carbonyl (C=O) groups excluding carboxylic acids is 1. The highest BCUT2D eigenvalue weighted by Gasteiger charge is 2.15. The van der Waals surface area contributed by atoms with Gasteiger partial charge < -0.3 is 14.5 Å². The molecule has 0 fully saturated rings. The Labute approximate surface area is 228 Å². The lowest BCUT2D eigenvalue weighted by Crippen LogP contribution is -2.34. The molecule has 0 unspecified atom stereocenters. The largest absolute Gasteiger partial charge is 0.494 e. The first kappa shape index (κ1) is 24.8. The third-order valence-corrected chi connectivity index (χ3v) is 6.34. The fourth-order valence-corrected chi connectivity index (χ4v) is 4.64. The Balaban J connectivity index is 1.28. The van der Waals surface area contributed by atoms with Crippen molar-refractivity contribution >= 4 is 63.2 Å². The number of thiocarbonyl (C=S) groups is 1. The van der Waals surface area contributed by atoms with Crippen LogP contribution in [-0.2, 0) is 0 Å². The number of methoxy groups -OCH3 is 1. The summed E-state index contributed by atoms with van der Waals surface area (Å²) in [7, 11) is 1.45. The number of halogens is 2. The predicted octanol–water partition coefficient (Wildman–Crippen LogP) is 7.60. The smallest absolute Gasteiger partial charge is 0.257 e. The van der Waals surface area contributed by atoms with E-state index < -0.39 is 5.91 Å². The van der Waals surface area contributed by atoms with E-state index >= 15 is 0 Å². The molecule has 0 aliphatic rings. The highest BCUT2D eigenvalue weighted by molar-refractivity contribution is 7.80. The van der Waals surface area contributed by atoms with Gasteiger partial charge in [-0.05, 0) is 65.8 Å². The number of aromatic nitrogens is 1. The number of fused-ring (bicyclic) bond motifs is 1. The summed E-state index contributed by atoms with van der Waals surface area (Å²) in [6, 6.07) is 26.5. The number of oxazole rings is 1. The minimum atomic E-state index is -0.465. The van der Waals surface area contributed by atoms with Crippen LogP contribution in [0.5, 0.6) is 5.75 Å². The Kier molecular flexibility index (Phi) is 7.10. The summed E-state index contributed by atoms with van der Waals surface area (Å²) in [5.41, 5.74) is 5.29. The first-order valence-electron chi connectivity index (χ1n) is 11.1. The Morgan fingerprint density at radius 1 is 0.892 bits per heavy atom. The average molecular weight is 548 g/mol. The molecule has 184 valence electrons. The summed E-state index contributed by atoms with van der Waals surface area (Å²) in [6.45, 7) is 0. The maximum absolute atomic E-state index is 12.6. The number of nitrogens with one attached hydrogen (secondary N) is 2. The van der Waals surface area contributed by atoms with Crippen molar-refractivity contribution in [1.82, 2.24) is 10.3 Å². The number of amides is 1. The van der Waals surface area contributed by atoms with Gasteiger partial charge in [0.2, 0.25) is 5.89 Å². The first-order chi connectivity index (χ1) is 17.9. The van der Waals surface area contributed by atoms with Crippen LogP contribution in [0.2, 0.25) is 10.0 Å². The maximum atomic E-state index is 12.6. The number of ether oxygens (including phenoxy) is 1. The minimum Gasteiger partial charge on any atom is -0.494 e. The van der Waals surface area contributed by atoms with Crippen LogP contribution < -0.4 is 15.4 Å². The zero-order valence-corrected chi connectivity index (χ0v) is 21.7. The van der Waals surface area contributed by atoms with Crippen LogP contribution >= 0.6 is 35.4 Å². The molecule has 0 radical (unpaired) electrons. The summed E-state index contributed by atoms with van der Waals surface area (Å²) >= 11 is 17.6. The molecule has 0 aliphatic carbocycles. The number of hydrogen-bond donors (Lipinski definition) is 2. The van der Waals surface area contributed by atoms with Gasteiger partial charge in [0.1, 0.15) is 5.52 Å². The number of benzene rings is 4. The molecule has 0 bridgehead atoms. The first-order valence-corrected chi connectivity index (χ1v) is 12.3. The van der Waals surface area contributed by atoms with Crippen molar-refractivity contribution < 1.29 is 13.9 Å². The van der Waals surface area contributed by atoms with Crippen molar-refractivity contribution in [1.29, 1.82) is 0 Å². The summed E-state index contributed by atoms with van der Waals surface area (Å²) in [5.74, 6) is 0.344. The van der Waals surface area contributed by atoms with Gasteiger partial charge in [-0.3, -0.25) is 10.1 Å². The van der Waals surface area contributed by atoms with E-state index in [-0.39, 0.29) is 20.7 Å². The van der Waals surface area contributed by atoms with Crippen LogP contribution in [0.3, 0.4) is 0 Å². The van der Waals surface area contributed by atoms with Gasteiger partial charge in [-0.1, -0.05) is 65.7 Å². The van der Waals surface area contributed by atoms with E-state index in [1.807, 2.05) is 42.5 Å². The predicted molar refractivity (Wildman–Crippen MR) is 152 cm³/mol. The van der Waals surface area contributed by atoms with E-state index in [9.17, 15) is 4.79 Å². The lowest BCUT2D eigenvalue weighted by Gasteiger charge is -2.11. The molecule has 4 aromatic carbocycles. The monoisotopic (exact) mass is 547 g/mol. The van der Waals surface area contributed by atoms with E-state index in [0.29, 0.717) is 28.4 Å². The van der Waals surface area contributed by atoms with Gasteiger partial charge in [0.15, 0.2) is 16.4 Å². The standard InChI is InChI=1S/C28H19Cl2N3O3S/c1-35-25-21(29)13-19(14-22(25)30)26(34)33-28(37)31-20-11-12-24-23(15-20)32-27(36-24)18-9-7-17(8-10-18)16-5-3-2-4-6-16/h2-15H,1H3,(H2,31,33,34,37). The van der Waals surface area contributed by atoms with Crippen molar-refractivity contribution in [2.24, 2.45) is 0 Å². The molecule has 9 heteroatoms. The van der Waals surface area contributed by atoms with Crippen LogP contribution in [0.1, 0.15) is 10.4 Å². The van der Waals surface area contributed by atoms with E-state index in [1.165, 1.54) is 19.2 Å². The van der Waals surface area contributed by atoms with Crippen LogP contribution in [0.4, 0.5) is 5.69 Å². The van der Waals surface area contributed by atoms with Gasteiger partial charge >= 0.3 is 0 Å². The quantitative estimate of drug-likeness (QED) is 0.220. The number of rotatable bonds is 5. The summed E-state index contributed by atoms with van der Waals surface area (Å²) in [4.78, 5) is 17.2. The Hall–Kier alpha value is -3.91. The summed E-state index contributed by atoms with van der Waals surface area (Å²) in [5, 5.41) is 6.15. The number of carbonyl (C=O) groups is 1. The van der Waals surface area contributed by atoms with Gasteiger partial charge in [0, 0.05) is 16.8 Å². The highest BCUT2D eigenvalue weighted by atomic mass is 35.5. The second kappa shape index (κ2) is 10.6. The molecule has 37 heavy (non-hydrogen) atoms. The molecule has 1 amide bonds. The van der Waals surface area contributed by atoms with E-state index in [1.54, 1.807) is 18.2 Å². The third-order valence-electron chi connectivity index (χ3n) is 5.58. The minimum absolute atomic E-state index is 0.104. The molecule has 5 aromatic rings. The van der Waals surface area contributed by atoms with Crippen molar-refractivity contribution in [2.75, 3.05) is 12.4 Å². The molecular weight excluding hydrogens is 529 g/mol. The lowest BCUT2D eigenvalue weighted by molar-refractivity contribution is 0.0977. The molecule has 0 saturated heterocycles. The van der Waals surface area contributed by atoms with Crippen molar-refractivity contribution in [3.05, 3.63) is 101 Å². The van der Waals surface area contributed by atoms with Crippen molar-refractivity contribution in [2.45, 2.75) is 0 Å². The van der Waals surface area contributed by atoms with Gasteiger partial charge in [-0.15, -0.1) is 0 Å². The zero-order valence-electron chi connectivity index (χ0n) is 19.4. The molecule has 5 rings (SSSR count). The Morgan fingerprint density at radius 3 is 2.22 bits per heavy atom. The topological polar surface area (TPSA) is 76.4 Å². The lowest BCUT2D eigenvalue weighted by atomic mass is 10.0. The van der Waals surface area contributed by atoms with Gasteiger partial charge in [-0.25, -0.2) is 4.98 Å². The molecule has 6 nitrogen and oxygen atoms in total. The van der Waals surface area contributed by atoms with Gasteiger partial charge in [-0.2, -0.15) is 0 Å². The summed E-state index contributed by atoms with van der Waals surface area (Å²) < 4.78 is 11.1. The molecule has 1 heterocycles. The van der Waals surface area contributed by atoms with E-state index in [4.69, 9.17) is 44.6 Å². The van der Waals surface area contributed by atoms with Crippen LogP contribution in [0, 0.1) is 0 Å². The Morgan fingerprint density at radius 2 is 1.54 bits per heavy atom. The van der Waals surface area contributed by atoms with Gasteiger partial charge in [0.25, 0.3) is 5.91 Å². The normalized spacial score (nSPS) is 10.8. The zero-order chi connectivity index (χ0) is 25.9. The Bertz CT molecular complexity index is 1600. The highest BCUT2D eigenvalue weighted by Crippen LogP contribution is 2.34. The van der Waals surface area contributed by atoms with Crippen molar-refractivity contribution in [3.8, 4) is 28.3 Å². The molecular formula is C28H19Cl2N3O3S. The number of nitrogens with zero attached hydrogens (tertiary/aromatic N) is 1. The molecule has 0 aliphatic heterocycles. The second-order valence-corrected chi connectivity index (χ2v) is 9.25. The van der Waals surface area contributed by atoms with Gasteiger partial charge in [0.05, 0.1) is 17.2 Å². The third kappa shape index (κ3) is 5.44. The molecule has 1 aromatic heterocycles.